The summed E-state index contributed by atoms with van der Waals surface area (Å²) < 4.78 is 14.1. The third-order valence-electron chi connectivity index (χ3n) is 3.52. The predicted octanol–water partition coefficient (Wildman–Crippen LogP) is 5.52. The zero-order valence-electron chi connectivity index (χ0n) is 12.6. The normalized spacial score (nSPS) is 10.5. The molecule has 0 aromatic heterocycles. The van der Waals surface area contributed by atoms with E-state index in [2.05, 4.69) is 26.6 Å². The molecule has 3 aromatic rings. The molecule has 0 fully saturated rings. The van der Waals surface area contributed by atoms with Gasteiger partial charge < -0.3 is 5.32 Å². The van der Waals surface area contributed by atoms with Gasteiger partial charge in [-0.1, -0.05) is 51.8 Å². The summed E-state index contributed by atoms with van der Waals surface area (Å²) in [5, 5.41) is 7.23. The van der Waals surface area contributed by atoms with E-state index in [1.807, 2.05) is 24.3 Å². The molecular formula is C18H11BrClFN2OS. The number of fused-ring (bicyclic) bond motifs is 1. The largest absolute Gasteiger partial charge is 0.332 e. The smallest absolute Gasteiger partial charge is 0.258 e. The predicted molar refractivity (Wildman–Crippen MR) is 107 cm³/mol. The number of benzene rings is 3. The van der Waals surface area contributed by atoms with E-state index in [-0.39, 0.29) is 16.0 Å². The van der Waals surface area contributed by atoms with Crippen molar-refractivity contribution in [2.45, 2.75) is 0 Å². The van der Waals surface area contributed by atoms with E-state index in [1.165, 1.54) is 18.2 Å². The Balaban J connectivity index is 1.79. The van der Waals surface area contributed by atoms with E-state index in [4.69, 9.17) is 23.8 Å². The number of thiocarbonyl (C=S) groups is 1. The number of hydrogen-bond acceptors (Lipinski definition) is 2. The first-order valence-corrected chi connectivity index (χ1v) is 8.78. The average molecular weight is 438 g/mol. The second-order valence-corrected chi connectivity index (χ2v) is 6.85. The number of hydrogen-bond donors (Lipinski definition) is 2. The average Bonchev–Trinajstić information content (AvgIpc) is 2.58. The van der Waals surface area contributed by atoms with Crippen molar-refractivity contribution in [3.05, 3.63) is 75.5 Å². The van der Waals surface area contributed by atoms with E-state index < -0.39 is 5.82 Å². The number of halogens is 3. The molecule has 0 unspecified atom stereocenters. The van der Waals surface area contributed by atoms with Gasteiger partial charge in [0.1, 0.15) is 5.82 Å². The summed E-state index contributed by atoms with van der Waals surface area (Å²) in [6.45, 7) is 0. The van der Waals surface area contributed by atoms with Gasteiger partial charge in [0.25, 0.3) is 5.91 Å². The molecule has 0 atom stereocenters. The second kappa shape index (κ2) is 7.47. The molecule has 3 nitrogen and oxygen atoms in total. The van der Waals surface area contributed by atoms with Crippen LogP contribution >= 0.6 is 39.7 Å². The minimum absolute atomic E-state index is 0.0296. The third kappa shape index (κ3) is 3.98. The van der Waals surface area contributed by atoms with Gasteiger partial charge in [0, 0.05) is 15.7 Å². The highest BCUT2D eigenvalue weighted by molar-refractivity contribution is 9.10. The first kappa shape index (κ1) is 17.8. The summed E-state index contributed by atoms with van der Waals surface area (Å²) >= 11 is 14.4. The number of carbonyl (C=O) groups is 1. The summed E-state index contributed by atoms with van der Waals surface area (Å²) in [6.07, 6.45) is 0. The van der Waals surface area contributed by atoms with Crippen LogP contribution in [-0.2, 0) is 0 Å². The van der Waals surface area contributed by atoms with Crippen molar-refractivity contribution in [3.8, 4) is 0 Å². The fourth-order valence-corrected chi connectivity index (χ4v) is 3.27. The highest BCUT2D eigenvalue weighted by Crippen LogP contribution is 2.26. The maximum absolute atomic E-state index is 13.2. The Kier molecular flexibility index (Phi) is 5.32. The summed E-state index contributed by atoms with van der Waals surface area (Å²) in [4.78, 5) is 12.6. The molecule has 0 aliphatic rings. The highest BCUT2D eigenvalue weighted by Gasteiger charge is 2.13. The molecule has 0 spiro atoms. The van der Waals surface area contributed by atoms with Gasteiger partial charge in [-0.2, -0.15) is 0 Å². The molecule has 0 aliphatic carbocycles. The number of amides is 1. The van der Waals surface area contributed by atoms with E-state index in [0.29, 0.717) is 11.3 Å². The summed E-state index contributed by atoms with van der Waals surface area (Å²) in [5.41, 5.74) is 0.984. The lowest BCUT2D eigenvalue weighted by atomic mass is 10.0. The minimum atomic E-state index is -0.525. The molecule has 0 saturated carbocycles. The maximum Gasteiger partial charge on any atom is 0.258 e. The van der Waals surface area contributed by atoms with E-state index in [0.717, 1.165) is 15.2 Å². The van der Waals surface area contributed by atoms with Crippen LogP contribution in [0.1, 0.15) is 10.4 Å². The molecule has 3 aromatic carbocycles. The van der Waals surface area contributed by atoms with Gasteiger partial charge in [-0.05, 0) is 53.3 Å². The standard InChI is InChI=1S/C18H11BrClFN2OS/c19-14-6-2-3-11-12(14)4-1-5-13(11)17(24)23-18(25)22-10-7-8-16(21)15(20)9-10/h1-9H,(H2,22,23,24,25). The quantitative estimate of drug-likeness (QED) is 0.519. The molecule has 0 aliphatic heterocycles. The molecule has 126 valence electrons. The van der Waals surface area contributed by atoms with Crippen LogP contribution < -0.4 is 10.6 Å². The topological polar surface area (TPSA) is 41.1 Å². The van der Waals surface area contributed by atoms with Crippen molar-refractivity contribution >= 4 is 67.2 Å². The van der Waals surface area contributed by atoms with Gasteiger partial charge >= 0.3 is 0 Å². The van der Waals surface area contributed by atoms with Crippen molar-refractivity contribution in [2.75, 3.05) is 5.32 Å². The molecule has 2 N–H and O–H groups in total. The lowest BCUT2D eigenvalue weighted by Gasteiger charge is -2.11. The number of nitrogens with one attached hydrogen (secondary N) is 2. The molecule has 0 radical (unpaired) electrons. The molecule has 0 heterocycles. The third-order valence-corrected chi connectivity index (χ3v) is 4.70. The summed E-state index contributed by atoms with van der Waals surface area (Å²) in [6, 6.07) is 15.2. The fraction of sp³-hybridized carbons (Fsp3) is 0. The van der Waals surface area contributed by atoms with Crippen molar-refractivity contribution in [1.82, 2.24) is 5.32 Å². The monoisotopic (exact) mass is 436 g/mol. The molecular weight excluding hydrogens is 427 g/mol. The van der Waals surface area contributed by atoms with Crippen molar-refractivity contribution in [1.29, 1.82) is 0 Å². The van der Waals surface area contributed by atoms with Crippen molar-refractivity contribution < 1.29 is 9.18 Å². The number of carbonyl (C=O) groups excluding carboxylic acids is 1. The molecule has 7 heteroatoms. The van der Waals surface area contributed by atoms with Crippen molar-refractivity contribution in [3.63, 3.8) is 0 Å². The zero-order chi connectivity index (χ0) is 18.0. The first-order valence-electron chi connectivity index (χ1n) is 7.20. The Hall–Kier alpha value is -2.02. The van der Waals surface area contributed by atoms with Crippen LogP contribution in [0.4, 0.5) is 10.1 Å². The second-order valence-electron chi connectivity index (χ2n) is 5.18. The van der Waals surface area contributed by atoms with Crippen LogP contribution in [-0.4, -0.2) is 11.0 Å². The molecule has 25 heavy (non-hydrogen) atoms. The van der Waals surface area contributed by atoms with Crippen LogP contribution in [0.5, 0.6) is 0 Å². The van der Waals surface area contributed by atoms with E-state index >= 15 is 0 Å². The van der Waals surface area contributed by atoms with Crippen LogP contribution in [0.2, 0.25) is 5.02 Å². The Morgan fingerprint density at radius 1 is 1.08 bits per heavy atom. The van der Waals surface area contributed by atoms with E-state index in [9.17, 15) is 9.18 Å². The fourth-order valence-electron chi connectivity index (χ4n) is 2.38. The highest BCUT2D eigenvalue weighted by atomic mass is 79.9. The van der Waals surface area contributed by atoms with E-state index in [1.54, 1.807) is 12.1 Å². The summed E-state index contributed by atoms with van der Waals surface area (Å²) in [5.74, 6) is -0.863. The van der Waals surface area contributed by atoms with Gasteiger partial charge in [0.15, 0.2) is 5.11 Å². The van der Waals surface area contributed by atoms with Gasteiger partial charge in [0.05, 0.1) is 5.02 Å². The van der Waals surface area contributed by atoms with Gasteiger partial charge in [0.2, 0.25) is 0 Å². The van der Waals surface area contributed by atoms with Crippen LogP contribution in [0.15, 0.2) is 59.1 Å². The minimum Gasteiger partial charge on any atom is -0.332 e. The Labute approximate surface area is 162 Å². The first-order chi connectivity index (χ1) is 12.0. The number of anilines is 1. The van der Waals surface area contributed by atoms with Crippen LogP contribution in [0.3, 0.4) is 0 Å². The van der Waals surface area contributed by atoms with Gasteiger partial charge in [-0.3, -0.25) is 10.1 Å². The van der Waals surface area contributed by atoms with Crippen molar-refractivity contribution in [2.24, 2.45) is 0 Å². The molecule has 1 amide bonds. The number of rotatable bonds is 2. The Morgan fingerprint density at radius 3 is 2.56 bits per heavy atom. The van der Waals surface area contributed by atoms with Gasteiger partial charge in [-0.25, -0.2) is 4.39 Å². The lowest BCUT2D eigenvalue weighted by molar-refractivity contribution is 0.0979. The summed E-state index contributed by atoms with van der Waals surface area (Å²) in [7, 11) is 0. The SMILES string of the molecule is O=C(NC(=S)Nc1ccc(F)c(Cl)c1)c1cccc2c(Br)cccc12. The Morgan fingerprint density at radius 2 is 1.80 bits per heavy atom. The molecule has 0 bridgehead atoms. The lowest BCUT2D eigenvalue weighted by Crippen LogP contribution is -2.34. The van der Waals surface area contributed by atoms with Gasteiger partial charge in [-0.15, -0.1) is 0 Å². The maximum atomic E-state index is 13.2. The Bertz CT molecular complexity index is 996. The zero-order valence-corrected chi connectivity index (χ0v) is 15.8. The van der Waals surface area contributed by atoms with Crippen LogP contribution in [0.25, 0.3) is 10.8 Å². The molecule has 0 saturated heterocycles. The molecule has 3 rings (SSSR count). The van der Waals surface area contributed by atoms with Crippen LogP contribution in [0, 0.1) is 5.82 Å².